The lowest BCUT2D eigenvalue weighted by Gasteiger charge is -2.21. The van der Waals surface area contributed by atoms with Gasteiger partial charge in [0.1, 0.15) is 11.9 Å². The standard InChI is InChI=1S/C21H21FN2O3/c22-16-6-3-14(4-7-16)12-20(25)23-17-8-5-15-9-10-24(18(15)13-17)21(26)19-2-1-11-27-19/h3-8,13,19H,1-2,9-12H2,(H,23,25). The minimum atomic E-state index is -0.354. The smallest absolute Gasteiger partial charge is 0.256 e. The Kier molecular flexibility index (Phi) is 4.90. The second-order valence-electron chi connectivity index (χ2n) is 6.94. The summed E-state index contributed by atoms with van der Waals surface area (Å²) in [5.74, 6) is -0.508. The Morgan fingerprint density at radius 3 is 2.74 bits per heavy atom. The topological polar surface area (TPSA) is 58.6 Å². The lowest BCUT2D eigenvalue weighted by atomic mass is 10.1. The summed E-state index contributed by atoms with van der Waals surface area (Å²) in [6.07, 6.45) is 2.29. The molecule has 0 saturated carbocycles. The van der Waals surface area contributed by atoms with Crippen LogP contribution in [0.15, 0.2) is 42.5 Å². The van der Waals surface area contributed by atoms with Crippen molar-refractivity contribution in [1.82, 2.24) is 0 Å². The zero-order valence-electron chi connectivity index (χ0n) is 14.9. The summed E-state index contributed by atoms with van der Waals surface area (Å²) in [5, 5.41) is 2.86. The van der Waals surface area contributed by atoms with Gasteiger partial charge >= 0.3 is 0 Å². The number of fused-ring (bicyclic) bond motifs is 1. The zero-order valence-corrected chi connectivity index (χ0v) is 14.9. The number of amides is 2. The second kappa shape index (κ2) is 7.48. The first-order chi connectivity index (χ1) is 13.1. The first kappa shape index (κ1) is 17.7. The highest BCUT2D eigenvalue weighted by molar-refractivity contribution is 6.00. The third kappa shape index (κ3) is 3.85. The van der Waals surface area contributed by atoms with Crippen molar-refractivity contribution in [1.29, 1.82) is 0 Å². The van der Waals surface area contributed by atoms with Gasteiger partial charge in [0.25, 0.3) is 5.91 Å². The molecule has 2 heterocycles. The first-order valence-corrected chi connectivity index (χ1v) is 9.20. The number of anilines is 2. The molecular formula is C21H21FN2O3. The number of nitrogens with one attached hydrogen (secondary N) is 1. The van der Waals surface area contributed by atoms with Crippen LogP contribution in [0.5, 0.6) is 0 Å². The van der Waals surface area contributed by atoms with Gasteiger partial charge in [0.2, 0.25) is 5.91 Å². The number of rotatable bonds is 4. The molecule has 0 aliphatic carbocycles. The average Bonchev–Trinajstić information content (AvgIpc) is 3.32. The third-order valence-corrected chi connectivity index (χ3v) is 5.01. The van der Waals surface area contributed by atoms with Crippen LogP contribution < -0.4 is 10.2 Å². The van der Waals surface area contributed by atoms with Gasteiger partial charge in [0.05, 0.1) is 6.42 Å². The van der Waals surface area contributed by atoms with Crippen LogP contribution in [0.3, 0.4) is 0 Å². The van der Waals surface area contributed by atoms with Crippen molar-refractivity contribution in [3.05, 3.63) is 59.4 Å². The fraction of sp³-hybridized carbons (Fsp3) is 0.333. The van der Waals surface area contributed by atoms with Crippen molar-refractivity contribution < 1.29 is 18.7 Å². The Hall–Kier alpha value is -2.73. The minimum Gasteiger partial charge on any atom is -0.368 e. The summed E-state index contributed by atoms with van der Waals surface area (Å²) in [6.45, 7) is 1.28. The van der Waals surface area contributed by atoms with E-state index in [1.165, 1.54) is 12.1 Å². The Morgan fingerprint density at radius 1 is 1.19 bits per heavy atom. The number of carbonyl (C=O) groups is 2. The zero-order chi connectivity index (χ0) is 18.8. The fourth-order valence-electron chi connectivity index (χ4n) is 3.62. The molecule has 2 aliphatic rings. The van der Waals surface area contributed by atoms with Gasteiger partial charge in [-0.15, -0.1) is 0 Å². The van der Waals surface area contributed by atoms with Crippen LogP contribution >= 0.6 is 0 Å². The van der Waals surface area contributed by atoms with Crippen LogP contribution in [-0.4, -0.2) is 31.1 Å². The summed E-state index contributed by atoms with van der Waals surface area (Å²) in [5.41, 5.74) is 3.33. The molecule has 27 heavy (non-hydrogen) atoms. The van der Waals surface area contributed by atoms with E-state index in [0.717, 1.165) is 36.1 Å². The fourth-order valence-corrected chi connectivity index (χ4v) is 3.62. The molecular weight excluding hydrogens is 347 g/mol. The average molecular weight is 368 g/mol. The first-order valence-electron chi connectivity index (χ1n) is 9.20. The molecule has 1 unspecified atom stereocenters. The van der Waals surface area contributed by atoms with Crippen LogP contribution in [-0.2, 0) is 27.2 Å². The van der Waals surface area contributed by atoms with Crippen molar-refractivity contribution in [2.75, 3.05) is 23.4 Å². The SMILES string of the molecule is O=C(Cc1ccc(F)cc1)Nc1ccc2c(c1)N(C(=O)C1CCCO1)CC2. The van der Waals surface area contributed by atoms with Crippen LogP contribution in [0.4, 0.5) is 15.8 Å². The highest BCUT2D eigenvalue weighted by Crippen LogP contribution is 2.32. The van der Waals surface area contributed by atoms with Gasteiger partial charge in [-0.3, -0.25) is 9.59 Å². The van der Waals surface area contributed by atoms with Gasteiger partial charge in [-0.05, 0) is 54.7 Å². The monoisotopic (exact) mass is 368 g/mol. The molecule has 5 nitrogen and oxygen atoms in total. The Labute approximate surface area is 157 Å². The lowest BCUT2D eigenvalue weighted by Crippen LogP contribution is -2.37. The van der Waals surface area contributed by atoms with E-state index in [0.29, 0.717) is 18.8 Å². The van der Waals surface area contributed by atoms with Gasteiger partial charge in [0.15, 0.2) is 0 Å². The van der Waals surface area contributed by atoms with E-state index in [2.05, 4.69) is 5.32 Å². The van der Waals surface area contributed by atoms with Crippen LogP contribution in [0.1, 0.15) is 24.0 Å². The van der Waals surface area contributed by atoms with E-state index in [1.807, 2.05) is 18.2 Å². The number of ether oxygens (including phenoxy) is 1. The van der Waals surface area contributed by atoms with Gasteiger partial charge in [0, 0.05) is 24.5 Å². The lowest BCUT2D eigenvalue weighted by molar-refractivity contribution is -0.127. The molecule has 140 valence electrons. The molecule has 2 aromatic rings. The molecule has 0 aromatic heterocycles. The van der Waals surface area contributed by atoms with Gasteiger partial charge in [-0.1, -0.05) is 18.2 Å². The quantitative estimate of drug-likeness (QED) is 0.902. The number of hydrogen-bond donors (Lipinski definition) is 1. The predicted octanol–water partition coefficient (Wildman–Crippen LogP) is 3.08. The van der Waals surface area contributed by atoms with E-state index < -0.39 is 0 Å². The number of nitrogens with zero attached hydrogens (tertiary/aromatic N) is 1. The van der Waals surface area contributed by atoms with Crippen molar-refractivity contribution in [3.8, 4) is 0 Å². The van der Waals surface area contributed by atoms with Gasteiger partial charge in [-0.25, -0.2) is 4.39 Å². The molecule has 0 spiro atoms. The van der Waals surface area contributed by atoms with E-state index in [1.54, 1.807) is 17.0 Å². The maximum atomic E-state index is 13.0. The largest absolute Gasteiger partial charge is 0.368 e. The molecule has 6 heteroatoms. The Bertz CT molecular complexity index is 860. The molecule has 0 bridgehead atoms. The van der Waals surface area contributed by atoms with Crippen molar-refractivity contribution >= 4 is 23.2 Å². The molecule has 4 rings (SSSR count). The van der Waals surface area contributed by atoms with Crippen molar-refractivity contribution in [3.63, 3.8) is 0 Å². The number of benzene rings is 2. The summed E-state index contributed by atoms with van der Waals surface area (Å²) in [4.78, 5) is 26.7. The van der Waals surface area contributed by atoms with Gasteiger partial charge < -0.3 is 15.0 Å². The van der Waals surface area contributed by atoms with Crippen molar-refractivity contribution in [2.45, 2.75) is 31.8 Å². The molecule has 1 atom stereocenters. The normalized spacial score (nSPS) is 18.4. The highest BCUT2D eigenvalue weighted by Gasteiger charge is 2.32. The molecule has 1 fully saturated rings. The molecule has 1 N–H and O–H groups in total. The molecule has 0 radical (unpaired) electrons. The second-order valence-corrected chi connectivity index (χ2v) is 6.94. The van der Waals surface area contributed by atoms with Crippen LogP contribution in [0.25, 0.3) is 0 Å². The molecule has 2 amide bonds. The number of hydrogen-bond acceptors (Lipinski definition) is 3. The summed E-state index contributed by atoms with van der Waals surface area (Å²) in [6, 6.07) is 11.5. The maximum absolute atomic E-state index is 13.0. The van der Waals surface area contributed by atoms with Crippen LogP contribution in [0, 0.1) is 5.82 Å². The highest BCUT2D eigenvalue weighted by atomic mass is 19.1. The molecule has 1 saturated heterocycles. The van der Waals surface area contributed by atoms with Crippen LogP contribution in [0.2, 0.25) is 0 Å². The van der Waals surface area contributed by atoms with E-state index in [4.69, 9.17) is 4.74 Å². The molecule has 2 aliphatic heterocycles. The number of halogens is 1. The minimum absolute atomic E-state index is 0.000962. The number of carbonyl (C=O) groups excluding carboxylic acids is 2. The molecule has 2 aromatic carbocycles. The predicted molar refractivity (Wildman–Crippen MR) is 100 cm³/mol. The Morgan fingerprint density at radius 2 is 2.00 bits per heavy atom. The van der Waals surface area contributed by atoms with Crippen molar-refractivity contribution in [2.24, 2.45) is 0 Å². The van der Waals surface area contributed by atoms with E-state index in [-0.39, 0.29) is 30.2 Å². The summed E-state index contributed by atoms with van der Waals surface area (Å²) < 4.78 is 18.5. The summed E-state index contributed by atoms with van der Waals surface area (Å²) >= 11 is 0. The summed E-state index contributed by atoms with van der Waals surface area (Å²) in [7, 11) is 0. The van der Waals surface area contributed by atoms with E-state index in [9.17, 15) is 14.0 Å². The Balaban J connectivity index is 1.45. The van der Waals surface area contributed by atoms with Gasteiger partial charge in [-0.2, -0.15) is 0 Å². The third-order valence-electron chi connectivity index (χ3n) is 5.01. The van der Waals surface area contributed by atoms with E-state index >= 15 is 0 Å². The maximum Gasteiger partial charge on any atom is 0.256 e.